The van der Waals surface area contributed by atoms with Crippen molar-refractivity contribution in [3.63, 3.8) is 0 Å². The molecular weight excluding hydrogens is 296 g/mol. The van der Waals surface area contributed by atoms with Crippen molar-refractivity contribution in [2.24, 2.45) is 11.8 Å². The molecule has 3 heterocycles. The number of hydrogen-bond acceptors (Lipinski definition) is 4. The van der Waals surface area contributed by atoms with Crippen molar-refractivity contribution in [3.05, 3.63) is 0 Å². The third kappa shape index (κ3) is 3.38. The predicted octanol–water partition coefficient (Wildman–Crippen LogP) is 0.899. The molecule has 0 aromatic rings. The standard InChI is InChI=1S/C17H28N2O4/c1-13(2)16(21)19-11-17(12-19)14(5-8-23-17)9-22-10-15(20)18-6-3-4-7-18/h13-14H,3-12H2,1-2H3. The molecule has 3 aliphatic rings. The van der Waals surface area contributed by atoms with Gasteiger partial charge in [0, 0.05) is 31.5 Å². The van der Waals surface area contributed by atoms with Crippen molar-refractivity contribution in [1.29, 1.82) is 0 Å². The quantitative estimate of drug-likeness (QED) is 0.754. The summed E-state index contributed by atoms with van der Waals surface area (Å²) in [5.74, 6) is 0.599. The molecule has 3 saturated heterocycles. The van der Waals surface area contributed by atoms with Crippen molar-refractivity contribution >= 4 is 11.8 Å². The van der Waals surface area contributed by atoms with Gasteiger partial charge < -0.3 is 19.3 Å². The minimum absolute atomic E-state index is 0.0292. The molecule has 2 amide bonds. The van der Waals surface area contributed by atoms with Crippen LogP contribution >= 0.6 is 0 Å². The molecule has 1 atom stereocenters. The molecule has 0 aromatic carbocycles. The van der Waals surface area contributed by atoms with E-state index in [4.69, 9.17) is 9.47 Å². The fraction of sp³-hybridized carbons (Fsp3) is 0.882. The van der Waals surface area contributed by atoms with Gasteiger partial charge in [0.2, 0.25) is 11.8 Å². The third-order valence-corrected chi connectivity index (χ3v) is 5.33. The normalized spacial score (nSPS) is 26.1. The lowest BCUT2D eigenvalue weighted by atomic mass is 9.80. The third-order valence-electron chi connectivity index (χ3n) is 5.33. The maximum atomic E-state index is 12.0. The number of amides is 2. The SMILES string of the molecule is CC(C)C(=O)N1CC2(C1)OCCC2COCC(=O)N1CCCC1. The largest absolute Gasteiger partial charge is 0.371 e. The first kappa shape index (κ1) is 16.7. The summed E-state index contributed by atoms with van der Waals surface area (Å²) < 4.78 is 11.6. The number of nitrogens with zero attached hydrogens (tertiary/aromatic N) is 2. The zero-order chi connectivity index (χ0) is 16.4. The van der Waals surface area contributed by atoms with Crippen LogP contribution in [0, 0.1) is 11.8 Å². The smallest absolute Gasteiger partial charge is 0.248 e. The topological polar surface area (TPSA) is 59.1 Å². The van der Waals surface area contributed by atoms with Crippen LogP contribution in [0.4, 0.5) is 0 Å². The van der Waals surface area contributed by atoms with Crippen molar-refractivity contribution in [1.82, 2.24) is 9.80 Å². The highest BCUT2D eigenvalue weighted by molar-refractivity contribution is 5.79. The molecule has 6 nitrogen and oxygen atoms in total. The van der Waals surface area contributed by atoms with Gasteiger partial charge in [-0.25, -0.2) is 0 Å². The summed E-state index contributed by atoms with van der Waals surface area (Å²) in [4.78, 5) is 27.8. The molecule has 0 saturated carbocycles. The van der Waals surface area contributed by atoms with Crippen LogP contribution in [0.25, 0.3) is 0 Å². The van der Waals surface area contributed by atoms with Gasteiger partial charge in [-0.05, 0) is 19.3 Å². The summed E-state index contributed by atoms with van der Waals surface area (Å²) in [7, 11) is 0. The first-order chi connectivity index (χ1) is 11.0. The second kappa shape index (κ2) is 6.77. The van der Waals surface area contributed by atoms with E-state index in [1.54, 1.807) is 0 Å². The van der Waals surface area contributed by atoms with Gasteiger partial charge in [0.25, 0.3) is 0 Å². The van der Waals surface area contributed by atoms with Gasteiger partial charge in [-0.1, -0.05) is 13.8 Å². The summed E-state index contributed by atoms with van der Waals surface area (Å²) in [6, 6.07) is 0. The molecule has 0 radical (unpaired) electrons. The Bertz CT molecular complexity index is 454. The van der Waals surface area contributed by atoms with E-state index in [1.165, 1.54) is 0 Å². The molecule has 0 aromatic heterocycles. The predicted molar refractivity (Wildman–Crippen MR) is 84.8 cm³/mol. The molecule has 3 rings (SSSR count). The van der Waals surface area contributed by atoms with E-state index >= 15 is 0 Å². The summed E-state index contributed by atoms with van der Waals surface area (Å²) in [5.41, 5.74) is -0.235. The van der Waals surface area contributed by atoms with E-state index in [0.717, 1.165) is 39.0 Å². The van der Waals surface area contributed by atoms with E-state index in [0.29, 0.717) is 19.7 Å². The zero-order valence-electron chi connectivity index (χ0n) is 14.3. The molecule has 1 spiro atoms. The monoisotopic (exact) mass is 324 g/mol. The van der Waals surface area contributed by atoms with E-state index in [-0.39, 0.29) is 35.9 Å². The molecule has 3 aliphatic heterocycles. The Morgan fingerprint density at radius 3 is 2.57 bits per heavy atom. The first-order valence-electron chi connectivity index (χ1n) is 8.80. The van der Waals surface area contributed by atoms with Crippen LogP contribution in [0.2, 0.25) is 0 Å². The maximum Gasteiger partial charge on any atom is 0.248 e. The van der Waals surface area contributed by atoms with Gasteiger partial charge in [0.1, 0.15) is 12.2 Å². The van der Waals surface area contributed by atoms with Crippen molar-refractivity contribution in [2.75, 3.05) is 46.0 Å². The van der Waals surface area contributed by atoms with Gasteiger partial charge in [0.05, 0.1) is 19.7 Å². The second-order valence-electron chi connectivity index (χ2n) is 7.35. The Morgan fingerprint density at radius 1 is 1.22 bits per heavy atom. The van der Waals surface area contributed by atoms with Crippen LogP contribution in [0.5, 0.6) is 0 Å². The first-order valence-corrected chi connectivity index (χ1v) is 8.80. The number of carbonyl (C=O) groups is 2. The molecule has 23 heavy (non-hydrogen) atoms. The fourth-order valence-electron chi connectivity index (χ4n) is 3.84. The highest BCUT2D eigenvalue weighted by Gasteiger charge is 2.54. The van der Waals surface area contributed by atoms with E-state index in [1.807, 2.05) is 23.6 Å². The molecule has 0 N–H and O–H groups in total. The molecule has 3 fully saturated rings. The van der Waals surface area contributed by atoms with Gasteiger partial charge in [-0.2, -0.15) is 0 Å². The molecule has 0 bridgehead atoms. The van der Waals surface area contributed by atoms with Crippen LogP contribution in [0.3, 0.4) is 0 Å². The average Bonchev–Trinajstić information content (AvgIpc) is 3.14. The van der Waals surface area contributed by atoms with E-state index < -0.39 is 0 Å². The molecule has 6 heteroatoms. The maximum absolute atomic E-state index is 12.0. The Morgan fingerprint density at radius 2 is 1.91 bits per heavy atom. The highest BCUT2D eigenvalue weighted by atomic mass is 16.5. The number of likely N-dealkylation sites (tertiary alicyclic amines) is 2. The molecular formula is C17H28N2O4. The molecule has 1 unspecified atom stereocenters. The lowest BCUT2D eigenvalue weighted by Gasteiger charge is -2.50. The fourth-order valence-corrected chi connectivity index (χ4v) is 3.84. The molecule has 130 valence electrons. The number of ether oxygens (including phenoxy) is 2. The summed E-state index contributed by atoms with van der Waals surface area (Å²) >= 11 is 0. The van der Waals surface area contributed by atoms with Gasteiger partial charge in [-0.3, -0.25) is 9.59 Å². The van der Waals surface area contributed by atoms with Gasteiger partial charge in [-0.15, -0.1) is 0 Å². The van der Waals surface area contributed by atoms with Gasteiger partial charge in [0.15, 0.2) is 0 Å². The Labute approximate surface area is 138 Å². The van der Waals surface area contributed by atoms with Crippen molar-refractivity contribution < 1.29 is 19.1 Å². The van der Waals surface area contributed by atoms with Gasteiger partial charge >= 0.3 is 0 Å². The zero-order valence-corrected chi connectivity index (χ0v) is 14.3. The highest BCUT2D eigenvalue weighted by Crippen LogP contribution is 2.40. The van der Waals surface area contributed by atoms with Crippen LogP contribution in [0.15, 0.2) is 0 Å². The van der Waals surface area contributed by atoms with Crippen LogP contribution in [-0.2, 0) is 19.1 Å². The van der Waals surface area contributed by atoms with Crippen LogP contribution in [0.1, 0.15) is 33.1 Å². The molecule has 0 aliphatic carbocycles. The van der Waals surface area contributed by atoms with Crippen LogP contribution < -0.4 is 0 Å². The van der Waals surface area contributed by atoms with E-state index in [2.05, 4.69) is 0 Å². The Kier molecular flexibility index (Phi) is 4.92. The summed E-state index contributed by atoms with van der Waals surface area (Å²) in [6.45, 7) is 8.34. The average molecular weight is 324 g/mol. The number of hydrogen-bond donors (Lipinski definition) is 0. The van der Waals surface area contributed by atoms with Crippen molar-refractivity contribution in [2.45, 2.75) is 38.7 Å². The second-order valence-corrected chi connectivity index (χ2v) is 7.35. The summed E-state index contributed by atoms with van der Waals surface area (Å²) in [5, 5.41) is 0. The number of carbonyl (C=O) groups excluding carboxylic acids is 2. The Hall–Kier alpha value is -1.14. The van der Waals surface area contributed by atoms with Crippen LogP contribution in [-0.4, -0.2) is 73.2 Å². The summed E-state index contributed by atoms with van der Waals surface area (Å²) in [6.07, 6.45) is 3.15. The lowest BCUT2D eigenvalue weighted by Crippen LogP contribution is -2.67. The number of rotatable bonds is 5. The minimum atomic E-state index is -0.235. The minimum Gasteiger partial charge on any atom is -0.371 e. The van der Waals surface area contributed by atoms with E-state index in [9.17, 15) is 9.59 Å². The lowest BCUT2D eigenvalue weighted by molar-refractivity contribution is -0.172. The van der Waals surface area contributed by atoms with Crippen molar-refractivity contribution in [3.8, 4) is 0 Å². The Balaban J connectivity index is 1.43.